The van der Waals surface area contributed by atoms with Crippen molar-refractivity contribution in [3.63, 3.8) is 0 Å². The van der Waals surface area contributed by atoms with E-state index in [2.05, 4.69) is 36.8 Å². The summed E-state index contributed by atoms with van der Waals surface area (Å²) in [5, 5.41) is 20.4. The number of aromatic nitrogens is 6. The predicted octanol–water partition coefficient (Wildman–Crippen LogP) is 5.35. The Morgan fingerprint density at radius 3 is 2.45 bits per heavy atom. The normalized spacial score (nSPS) is 16.1. The van der Waals surface area contributed by atoms with E-state index in [1.807, 2.05) is 73.9 Å². The molecule has 1 saturated carbocycles. The van der Waals surface area contributed by atoms with Gasteiger partial charge in [-0.2, -0.15) is 10.4 Å². The van der Waals surface area contributed by atoms with Crippen LogP contribution in [0.15, 0.2) is 91.6 Å². The standard InChI is InChI=1S/C33H32N10O/c1-42-22-26(21-39-42)24-10-15-30(36-19-24)43(33(44)38-18-23-7-3-2-4-8-23)28-13-11-27(12-14-28)40-32-37-20-25(17-34)31(41-32)29-9-5-6-16-35-29/h2-10,15-16,19-22,27-28H,11-14,18H2,1H3,(H,38,44)(H,37,40,41)/t27-,28-. The van der Waals surface area contributed by atoms with E-state index in [-0.39, 0.29) is 18.1 Å². The van der Waals surface area contributed by atoms with Crippen LogP contribution in [0.1, 0.15) is 36.8 Å². The maximum absolute atomic E-state index is 13.7. The molecule has 1 aromatic carbocycles. The molecule has 0 spiro atoms. The Bertz CT molecular complexity index is 1740. The highest BCUT2D eigenvalue weighted by molar-refractivity contribution is 5.91. The minimum atomic E-state index is -0.178. The number of pyridine rings is 2. The van der Waals surface area contributed by atoms with E-state index in [4.69, 9.17) is 4.98 Å². The smallest absolute Gasteiger partial charge is 0.323 e. The van der Waals surface area contributed by atoms with Gasteiger partial charge in [-0.05, 0) is 55.5 Å². The van der Waals surface area contributed by atoms with Crippen molar-refractivity contribution >= 4 is 17.8 Å². The maximum atomic E-state index is 13.7. The highest BCUT2D eigenvalue weighted by Crippen LogP contribution is 2.30. The van der Waals surface area contributed by atoms with Crippen molar-refractivity contribution in [3.05, 3.63) is 103 Å². The lowest BCUT2D eigenvalue weighted by Gasteiger charge is -2.36. The van der Waals surface area contributed by atoms with Crippen LogP contribution < -0.4 is 15.5 Å². The van der Waals surface area contributed by atoms with Gasteiger partial charge in [-0.25, -0.2) is 19.7 Å². The van der Waals surface area contributed by atoms with Gasteiger partial charge in [-0.3, -0.25) is 14.6 Å². The molecule has 0 atom stereocenters. The number of urea groups is 1. The quantitative estimate of drug-likeness (QED) is 0.249. The summed E-state index contributed by atoms with van der Waals surface area (Å²) in [5.41, 5.74) is 4.43. The van der Waals surface area contributed by atoms with Crippen LogP contribution >= 0.6 is 0 Å². The first kappa shape index (κ1) is 28.5. The lowest BCUT2D eigenvalue weighted by atomic mass is 9.90. The Morgan fingerprint density at radius 1 is 0.955 bits per heavy atom. The van der Waals surface area contributed by atoms with Crippen LogP contribution in [0.5, 0.6) is 0 Å². The van der Waals surface area contributed by atoms with Gasteiger partial charge in [0.15, 0.2) is 0 Å². The molecule has 0 unspecified atom stereocenters. The fourth-order valence-corrected chi connectivity index (χ4v) is 5.48. The van der Waals surface area contributed by atoms with Gasteiger partial charge < -0.3 is 10.6 Å². The van der Waals surface area contributed by atoms with Crippen molar-refractivity contribution in [1.82, 2.24) is 35.0 Å². The Labute approximate surface area is 255 Å². The summed E-state index contributed by atoms with van der Waals surface area (Å²) in [6.07, 6.45) is 11.9. The van der Waals surface area contributed by atoms with Gasteiger partial charge in [0.25, 0.3) is 0 Å². The summed E-state index contributed by atoms with van der Waals surface area (Å²) >= 11 is 0. The number of anilines is 2. The first-order valence-corrected chi connectivity index (χ1v) is 14.6. The molecule has 4 aromatic heterocycles. The molecule has 0 radical (unpaired) electrons. The monoisotopic (exact) mass is 584 g/mol. The molecule has 2 amide bonds. The number of hydrogen-bond donors (Lipinski definition) is 2. The minimum absolute atomic E-state index is 0.0356. The van der Waals surface area contributed by atoms with E-state index in [0.29, 0.717) is 35.3 Å². The number of amides is 2. The maximum Gasteiger partial charge on any atom is 0.323 e. The molecule has 11 nitrogen and oxygen atoms in total. The van der Waals surface area contributed by atoms with Crippen molar-refractivity contribution < 1.29 is 4.79 Å². The zero-order valence-corrected chi connectivity index (χ0v) is 24.3. The summed E-state index contributed by atoms with van der Waals surface area (Å²) < 4.78 is 1.75. The number of hydrogen-bond acceptors (Lipinski definition) is 8. The molecule has 5 aromatic rings. The number of benzene rings is 1. The Hall–Kier alpha value is -5.63. The van der Waals surface area contributed by atoms with Crippen LogP contribution in [0.3, 0.4) is 0 Å². The van der Waals surface area contributed by atoms with E-state index in [1.54, 1.807) is 28.2 Å². The third-order valence-corrected chi connectivity index (χ3v) is 7.75. The van der Waals surface area contributed by atoms with Gasteiger partial charge >= 0.3 is 6.03 Å². The fraction of sp³-hybridized carbons (Fsp3) is 0.242. The van der Waals surface area contributed by atoms with Crippen LogP contribution in [0.4, 0.5) is 16.6 Å². The number of aryl methyl sites for hydroxylation is 1. The molecular formula is C33H32N10O. The summed E-state index contributed by atoms with van der Waals surface area (Å²) in [5.74, 6) is 1.06. The van der Waals surface area contributed by atoms with Gasteiger partial charge in [0, 0.05) is 55.4 Å². The molecule has 11 heteroatoms. The summed E-state index contributed by atoms with van der Waals surface area (Å²) in [4.78, 5) is 33.6. The highest BCUT2D eigenvalue weighted by atomic mass is 16.2. The van der Waals surface area contributed by atoms with Gasteiger partial charge in [0.05, 0.1) is 23.7 Å². The molecule has 0 bridgehead atoms. The second kappa shape index (κ2) is 13.1. The number of nitrogens with zero attached hydrogens (tertiary/aromatic N) is 8. The van der Waals surface area contributed by atoms with E-state index in [1.165, 1.54) is 6.20 Å². The molecule has 0 aliphatic heterocycles. The Kier molecular flexibility index (Phi) is 8.50. The number of nitrogens with one attached hydrogen (secondary N) is 2. The molecular weight excluding hydrogens is 552 g/mol. The SMILES string of the molecule is Cn1cc(-c2ccc(N(C(=O)NCc3ccccc3)[C@H]3CC[C@H](Nc4ncc(C#N)c(-c5ccccn5)n4)CC3)nc2)cn1. The number of carbonyl (C=O) groups excluding carboxylic acids is 1. The molecule has 2 N–H and O–H groups in total. The van der Waals surface area contributed by atoms with Crippen LogP contribution in [0, 0.1) is 11.3 Å². The molecule has 1 aliphatic carbocycles. The Morgan fingerprint density at radius 2 is 1.77 bits per heavy atom. The average molecular weight is 585 g/mol. The molecule has 4 heterocycles. The second-order valence-corrected chi connectivity index (χ2v) is 10.8. The highest BCUT2D eigenvalue weighted by Gasteiger charge is 2.31. The van der Waals surface area contributed by atoms with Gasteiger partial charge in [-0.1, -0.05) is 36.4 Å². The lowest BCUT2D eigenvalue weighted by molar-refractivity contribution is 0.240. The van der Waals surface area contributed by atoms with E-state index in [9.17, 15) is 10.1 Å². The third-order valence-electron chi connectivity index (χ3n) is 7.75. The van der Waals surface area contributed by atoms with Crippen LogP contribution in [0.25, 0.3) is 22.5 Å². The predicted molar refractivity (Wildman–Crippen MR) is 167 cm³/mol. The van der Waals surface area contributed by atoms with Crippen LogP contribution in [-0.2, 0) is 13.6 Å². The summed E-state index contributed by atoms with van der Waals surface area (Å²) in [7, 11) is 1.88. The van der Waals surface area contributed by atoms with Crippen molar-refractivity contribution in [2.45, 2.75) is 44.3 Å². The third kappa shape index (κ3) is 6.55. The zero-order chi connectivity index (χ0) is 30.3. The summed E-state index contributed by atoms with van der Waals surface area (Å²) in [6, 6.07) is 21.3. The van der Waals surface area contributed by atoms with Gasteiger partial charge in [-0.15, -0.1) is 0 Å². The lowest BCUT2D eigenvalue weighted by Crippen LogP contribution is -2.49. The fourth-order valence-electron chi connectivity index (χ4n) is 5.48. The topological polar surface area (TPSA) is 138 Å². The first-order valence-electron chi connectivity index (χ1n) is 14.6. The second-order valence-electron chi connectivity index (χ2n) is 10.8. The largest absolute Gasteiger partial charge is 0.351 e. The van der Waals surface area contributed by atoms with E-state index in [0.717, 1.165) is 42.4 Å². The Balaban J connectivity index is 1.17. The number of carbonyl (C=O) groups is 1. The molecule has 44 heavy (non-hydrogen) atoms. The average Bonchev–Trinajstić information content (AvgIpc) is 3.52. The van der Waals surface area contributed by atoms with Crippen molar-refractivity contribution in [2.75, 3.05) is 10.2 Å². The minimum Gasteiger partial charge on any atom is -0.351 e. The number of rotatable bonds is 8. The zero-order valence-electron chi connectivity index (χ0n) is 24.3. The van der Waals surface area contributed by atoms with Crippen molar-refractivity contribution in [2.24, 2.45) is 7.05 Å². The summed E-state index contributed by atoms with van der Waals surface area (Å²) in [6.45, 7) is 0.426. The van der Waals surface area contributed by atoms with E-state index < -0.39 is 0 Å². The molecule has 0 saturated heterocycles. The molecule has 1 aliphatic rings. The number of nitriles is 1. The molecule has 1 fully saturated rings. The van der Waals surface area contributed by atoms with Crippen molar-refractivity contribution in [3.8, 4) is 28.6 Å². The van der Waals surface area contributed by atoms with E-state index >= 15 is 0 Å². The van der Waals surface area contributed by atoms with Crippen LogP contribution in [0.2, 0.25) is 0 Å². The van der Waals surface area contributed by atoms with Gasteiger partial charge in [0.2, 0.25) is 5.95 Å². The van der Waals surface area contributed by atoms with Crippen molar-refractivity contribution in [1.29, 1.82) is 5.26 Å². The molecule has 220 valence electrons. The van der Waals surface area contributed by atoms with Gasteiger partial charge in [0.1, 0.15) is 17.6 Å². The first-order chi connectivity index (χ1) is 21.6. The van der Waals surface area contributed by atoms with Crippen LogP contribution in [-0.4, -0.2) is 47.8 Å². The molecule has 6 rings (SSSR count).